The van der Waals surface area contributed by atoms with Crippen molar-refractivity contribution in [2.75, 3.05) is 19.0 Å². The SMILES string of the molecule is COc1cccc2cc(C(=O)Nc3ccc(CC(=O)NC(C)(C)CO)cc3)oc12. The summed E-state index contributed by atoms with van der Waals surface area (Å²) < 4.78 is 10.9. The van der Waals surface area contributed by atoms with Crippen LogP contribution in [-0.2, 0) is 11.2 Å². The summed E-state index contributed by atoms with van der Waals surface area (Å²) in [5, 5.41) is 15.5. The lowest BCUT2D eigenvalue weighted by molar-refractivity contribution is -0.122. The highest BCUT2D eigenvalue weighted by Crippen LogP contribution is 2.28. The summed E-state index contributed by atoms with van der Waals surface area (Å²) >= 11 is 0. The highest BCUT2D eigenvalue weighted by Gasteiger charge is 2.19. The molecular weight excluding hydrogens is 372 g/mol. The highest BCUT2D eigenvalue weighted by atomic mass is 16.5. The van der Waals surface area contributed by atoms with Crippen molar-refractivity contribution in [3.63, 3.8) is 0 Å². The van der Waals surface area contributed by atoms with Crippen molar-refractivity contribution >= 4 is 28.5 Å². The number of fused-ring (bicyclic) bond motifs is 1. The lowest BCUT2D eigenvalue weighted by Crippen LogP contribution is -2.46. The van der Waals surface area contributed by atoms with Gasteiger partial charge >= 0.3 is 0 Å². The van der Waals surface area contributed by atoms with Gasteiger partial charge < -0.3 is 24.9 Å². The third kappa shape index (κ3) is 4.94. The number of amides is 2. The van der Waals surface area contributed by atoms with Crippen molar-refractivity contribution in [1.29, 1.82) is 0 Å². The molecule has 0 fully saturated rings. The molecule has 3 aromatic rings. The normalized spacial score (nSPS) is 11.3. The van der Waals surface area contributed by atoms with E-state index in [-0.39, 0.29) is 30.6 Å². The van der Waals surface area contributed by atoms with Gasteiger partial charge in [-0.1, -0.05) is 24.3 Å². The van der Waals surface area contributed by atoms with Crippen molar-refractivity contribution in [3.8, 4) is 5.75 Å². The van der Waals surface area contributed by atoms with Crippen LogP contribution in [-0.4, -0.2) is 36.2 Å². The molecule has 0 bridgehead atoms. The Kier molecular flexibility index (Phi) is 5.89. The van der Waals surface area contributed by atoms with Crippen LogP contribution in [0, 0.1) is 0 Å². The van der Waals surface area contributed by atoms with E-state index in [0.717, 1.165) is 10.9 Å². The third-order valence-electron chi connectivity index (χ3n) is 4.40. The molecule has 1 heterocycles. The minimum Gasteiger partial charge on any atom is -0.493 e. The molecule has 3 N–H and O–H groups in total. The predicted molar refractivity (Wildman–Crippen MR) is 110 cm³/mol. The number of methoxy groups -OCH3 is 1. The number of anilines is 1. The average Bonchev–Trinajstić information content (AvgIpc) is 3.13. The maximum absolute atomic E-state index is 12.5. The summed E-state index contributed by atoms with van der Waals surface area (Å²) in [7, 11) is 1.55. The van der Waals surface area contributed by atoms with Gasteiger partial charge in [0.1, 0.15) is 0 Å². The molecule has 0 spiro atoms. The van der Waals surface area contributed by atoms with E-state index in [2.05, 4.69) is 10.6 Å². The molecule has 0 saturated heterocycles. The predicted octanol–water partition coefficient (Wildman–Crippen LogP) is 3.12. The second-order valence-electron chi connectivity index (χ2n) is 7.41. The summed E-state index contributed by atoms with van der Waals surface area (Å²) in [6.45, 7) is 3.35. The number of rotatable bonds is 7. The Morgan fingerprint density at radius 1 is 1.14 bits per heavy atom. The molecule has 152 valence electrons. The van der Waals surface area contributed by atoms with E-state index in [1.807, 2.05) is 12.1 Å². The van der Waals surface area contributed by atoms with Gasteiger partial charge in [0.05, 0.1) is 25.7 Å². The zero-order chi connectivity index (χ0) is 21.0. The van der Waals surface area contributed by atoms with Crippen LogP contribution in [0.2, 0.25) is 0 Å². The maximum atomic E-state index is 12.5. The Morgan fingerprint density at radius 3 is 2.52 bits per heavy atom. The molecule has 29 heavy (non-hydrogen) atoms. The fourth-order valence-electron chi connectivity index (χ4n) is 2.85. The van der Waals surface area contributed by atoms with Gasteiger partial charge in [0.2, 0.25) is 5.91 Å². The molecule has 0 aliphatic rings. The Labute approximate surface area is 168 Å². The zero-order valence-corrected chi connectivity index (χ0v) is 16.6. The van der Waals surface area contributed by atoms with Crippen molar-refractivity contribution in [2.45, 2.75) is 25.8 Å². The fourth-order valence-corrected chi connectivity index (χ4v) is 2.85. The number of para-hydroxylation sites is 1. The zero-order valence-electron chi connectivity index (χ0n) is 16.6. The quantitative estimate of drug-likeness (QED) is 0.570. The molecule has 2 aromatic carbocycles. The first-order valence-corrected chi connectivity index (χ1v) is 9.20. The molecular formula is C22H24N2O5. The molecule has 1 aromatic heterocycles. The molecule has 0 aliphatic carbocycles. The minimum atomic E-state index is -0.666. The first-order chi connectivity index (χ1) is 13.8. The van der Waals surface area contributed by atoms with Crippen LogP contribution in [0.3, 0.4) is 0 Å². The van der Waals surface area contributed by atoms with E-state index in [9.17, 15) is 14.7 Å². The number of nitrogens with one attached hydrogen (secondary N) is 2. The van der Waals surface area contributed by atoms with Gasteiger partial charge in [-0.3, -0.25) is 9.59 Å². The summed E-state index contributed by atoms with van der Waals surface area (Å²) in [6.07, 6.45) is 0.182. The molecule has 0 unspecified atom stereocenters. The maximum Gasteiger partial charge on any atom is 0.291 e. The van der Waals surface area contributed by atoms with E-state index >= 15 is 0 Å². The number of aliphatic hydroxyl groups is 1. The van der Waals surface area contributed by atoms with Crippen molar-refractivity contribution in [3.05, 3.63) is 59.9 Å². The number of aliphatic hydroxyl groups excluding tert-OH is 1. The summed E-state index contributed by atoms with van der Waals surface area (Å²) in [5.41, 5.74) is 1.23. The van der Waals surface area contributed by atoms with Gasteiger partial charge in [0, 0.05) is 11.1 Å². The van der Waals surface area contributed by atoms with Crippen LogP contribution >= 0.6 is 0 Å². The van der Waals surface area contributed by atoms with E-state index < -0.39 is 5.54 Å². The largest absolute Gasteiger partial charge is 0.493 e. The van der Waals surface area contributed by atoms with E-state index in [1.54, 1.807) is 57.4 Å². The minimum absolute atomic E-state index is 0.141. The fraction of sp³-hybridized carbons (Fsp3) is 0.273. The molecule has 7 heteroatoms. The molecule has 3 rings (SSSR count). The first-order valence-electron chi connectivity index (χ1n) is 9.20. The van der Waals surface area contributed by atoms with Gasteiger partial charge in [0.15, 0.2) is 17.1 Å². The van der Waals surface area contributed by atoms with Crippen LogP contribution in [0.1, 0.15) is 30.0 Å². The number of furan rings is 1. The summed E-state index contributed by atoms with van der Waals surface area (Å²) in [6, 6.07) is 14.1. The van der Waals surface area contributed by atoms with Crippen LogP contribution in [0.15, 0.2) is 52.9 Å². The Balaban J connectivity index is 1.65. The van der Waals surface area contributed by atoms with Crippen LogP contribution < -0.4 is 15.4 Å². The Bertz CT molecular complexity index is 1020. The molecule has 0 aliphatic heterocycles. The summed E-state index contributed by atoms with van der Waals surface area (Å²) in [4.78, 5) is 24.6. The van der Waals surface area contributed by atoms with Gasteiger partial charge in [-0.25, -0.2) is 0 Å². The average molecular weight is 396 g/mol. The monoisotopic (exact) mass is 396 g/mol. The second kappa shape index (κ2) is 8.36. The third-order valence-corrected chi connectivity index (χ3v) is 4.40. The Hall–Kier alpha value is -3.32. The van der Waals surface area contributed by atoms with Crippen molar-refractivity contribution in [1.82, 2.24) is 5.32 Å². The molecule has 0 radical (unpaired) electrons. The smallest absolute Gasteiger partial charge is 0.291 e. The summed E-state index contributed by atoms with van der Waals surface area (Å²) in [5.74, 6) is 0.184. The van der Waals surface area contributed by atoms with E-state index in [0.29, 0.717) is 17.0 Å². The number of carbonyl (C=O) groups is 2. The van der Waals surface area contributed by atoms with Gasteiger partial charge in [0.25, 0.3) is 5.91 Å². The van der Waals surface area contributed by atoms with Crippen LogP contribution in [0.4, 0.5) is 5.69 Å². The first kappa shape index (κ1) is 20.4. The second-order valence-corrected chi connectivity index (χ2v) is 7.41. The van der Waals surface area contributed by atoms with Crippen LogP contribution in [0.5, 0.6) is 5.75 Å². The number of hydrogen-bond acceptors (Lipinski definition) is 5. The Morgan fingerprint density at radius 2 is 1.86 bits per heavy atom. The molecule has 7 nitrogen and oxygen atoms in total. The number of benzene rings is 2. The van der Waals surface area contributed by atoms with E-state index in [1.165, 1.54) is 0 Å². The molecule has 2 amide bonds. The highest BCUT2D eigenvalue weighted by molar-refractivity contribution is 6.05. The van der Waals surface area contributed by atoms with E-state index in [4.69, 9.17) is 9.15 Å². The topological polar surface area (TPSA) is 101 Å². The van der Waals surface area contributed by atoms with Gasteiger partial charge in [-0.2, -0.15) is 0 Å². The number of ether oxygens (including phenoxy) is 1. The molecule has 0 atom stereocenters. The lowest BCUT2D eigenvalue weighted by atomic mass is 10.1. The van der Waals surface area contributed by atoms with Crippen molar-refractivity contribution in [2.24, 2.45) is 0 Å². The van der Waals surface area contributed by atoms with Crippen LogP contribution in [0.25, 0.3) is 11.0 Å². The lowest BCUT2D eigenvalue weighted by Gasteiger charge is -2.23. The molecule has 0 saturated carbocycles. The number of carbonyl (C=O) groups excluding carboxylic acids is 2. The van der Waals surface area contributed by atoms with Crippen molar-refractivity contribution < 1.29 is 23.8 Å². The standard InChI is InChI=1S/C22H24N2O5/c1-22(2,13-25)24-19(26)11-14-7-9-16(10-8-14)23-21(27)18-12-15-5-4-6-17(28-3)20(15)29-18/h4-10,12,25H,11,13H2,1-3H3,(H,23,27)(H,24,26). The number of hydrogen-bond donors (Lipinski definition) is 3. The van der Waals surface area contributed by atoms with Gasteiger partial charge in [-0.05, 0) is 43.7 Å². The van der Waals surface area contributed by atoms with Gasteiger partial charge in [-0.15, -0.1) is 0 Å².